The minimum Gasteiger partial charge on any atom is -0.497 e. The van der Waals surface area contributed by atoms with Crippen molar-refractivity contribution in [2.24, 2.45) is 0 Å². The maximum Gasteiger partial charge on any atom is 0.165 e. The van der Waals surface area contributed by atoms with Crippen molar-refractivity contribution in [3.8, 4) is 17.2 Å². The van der Waals surface area contributed by atoms with Crippen LogP contribution >= 0.6 is 0 Å². The third-order valence-corrected chi connectivity index (χ3v) is 3.43. The van der Waals surface area contributed by atoms with Gasteiger partial charge in [0.05, 0.1) is 7.11 Å². The monoisotopic (exact) mass is 285 g/mol. The summed E-state index contributed by atoms with van der Waals surface area (Å²) in [5.74, 6) is 2.58. The molecular weight excluding hydrogens is 266 g/mol. The van der Waals surface area contributed by atoms with Gasteiger partial charge in [-0.1, -0.05) is 24.3 Å². The zero-order valence-electron chi connectivity index (χ0n) is 12.1. The molecule has 0 aromatic heterocycles. The number of para-hydroxylation sites is 1. The van der Waals surface area contributed by atoms with Crippen LogP contribution in [0.4, 0.5) is 0 Å². The predicted molar refractivity (Wildman–Crippen MR) is 81.0 cm³/mol. The first kappa shape index (κ1) is 13.8. The highest BCUT2D eigenvalue weighted by Gasteiger charge is 2.14. The molecule has 0 saturated heterocycles. The molecule has 0 amide bonds. The molecule has 21 heavy (non-hydrogen) atoms. The third-order valence-electron chi connectivity index (χ3n) is 3.43. The minimum absolute atomic E-state index is 0.611. The summed E-state index contributed by atoms with van der Waals surface area (Å²) in [6, 6.07) is 14.1. The van der Waals surface area contributed by atoms with E-state index in [-0.39, 0.29) is 0 Å². The molecule has 110 valence electrons. The van der Waals surface area contributed by atoms with Gasteiger partial charge in [-0.05, 0) is 23.8 Å². The standard InChI is InChI=1S/C17H19NO3/c1-19-15-6-2-4-13(10-15)11-18-12-14-5-3-7-16-17(14)21-9-8-20-16/h2-7,10,18H,8-9,11-12H2,1H3. The van der Waals surface area contributed by atoms with Gasteiger partial charge in [-0.3, -0.25) is 0 Å². The van der Waals surface area contributed by atoms with Crippen molar-refractivity contribution >= 4 is 0 Å². The van der Waals surface area contributed by atoms with Crippen LogP contribution in [-0.4, -0.2) is 20.3 Å². The lowest BCUT2D eigenvalue weighted by Gasteiger charge is -2.21. The zero-order chi connectivity index (χ0) is 14.5. The summed E-state index contributed by atoms with van der Waals surface area (Å²) >= 11 is 0. The van der Waals surface area contributed by atoms with E-state index in [1.807, 2.05) is 30.3 Å². The summed E-state index contributed by atoms with van der Waals surface area (Å²) in [6.07, 6.45) is 0. The molecule has 2 aromatic rings. The second-order valence-corrected chi connectivity index (χ2v) is 4.90. The normalized spacial score (nSPS) is 13.0. The van der Waals surface area contributed by atoms with Crippen molar-refractivity contribution in [1.82, 2.24) is 5.32 Å². The van der Waals surface area contributed by atoms with E-state index in [9.17, 15) is 0 Å². The van der Waals surface area contributed by atoms with Crippen LogP contribution in [0.5, 0.6) is 17.2 Å². The molecule has 0 spiro atoms. The highest BCUT2D eigenvalue weighted by Crippen LogP contribution is 2.33. The van der Waals surface area contributed by atoms with Crippen LogP contribution in [0, 0.1) is 0 Å². The first-order valence-electron chi connectivity index (χ1n) is 7.08. The number of methoxy groups -OCH3 is 1. The van der Waals surface area contributed by atoms with E-state index in [4.69, 9.17) is 14.2 Å². The van der Waals surface area contributed by atoms with Gasteiger partial charge in [-0.25, -0.2) is 0 Å². The highest BCUT2D eigenvalue weighted by atomic mass is 16.6. The van der Waals surface area contributed by atoms with Gasteiger partial charge in [-0.15, -0.1) is 0 Å². The molecule has 0 atom stereocenters. The number of nitrogens with one attached hydrogen (secondary N) is 1. The summed E-state index contributed by atoms with van der Waals surface area (Å²) in [4.78, 5) is 0. The third kappa shape index (κ3) is 3.28. The summed E-state index contributed by atoms with van der Waals surface area (Å²) in [6.45, 7) is 2.75. The summed E-state index contributed by atoms with van der Waals surface area (Å²) in [5.41, 5.74) is 2.31. The van der Waals surface area contributed by atoms with Crippen LogP contribution in [0.2, 0.25) is 0 Å². The number of ether oxygens (including phenoxy) is 3. The summed E-state index contributed by atoms with van der Waals surface area (Å²) < 4.78 is 16.5. The molecule has 0 radical (unpaired) electrons. The van der Waals surface area contributed by atoms with E-state index >= 15 is 0 Å². The van der Waals surface area contributed by atoms with E-state index in [0.717, 1.165) is 35.9 Å². The van der Waals surface area contributed by atoms with Crippen LogP contribution in [0.1, 0.15) is 11.1 Å². The Kier molecular flexibility index (Phi) is 4.26. The van der Waals surface area contributed by atoms with Crippen LogP contribution in [-0.2, 0) is 13.1 Å². The highest BCUT2D eigenvalue weighted by molar-refractivity contribution is 5.47. The molecular formula is C17H19NO3. The Bertz CT molecular complexity index is 613. The van der Waals surface area contributed by atoms with E-state index in [2.05, 4.69) is 17.4 Å². The molecule has 0 bridgehead atoms. The Morgan fingerprint density at radius 3 is 2.81 bits per heavy atom. The average molecular weight is 285 g/mol. The average Bonchev–Trinajstić information content (AvgIpc) is 2.55. The number of benzene rings is 2. The molecule has 4 nitrogen and oxygen atoms in total. The smallest absolute Gasteiger partial charge is 0.165 e. The number of hydrogen-bond acceptors (Lipinski definition) is 4. The van der Waals surface area contributed by atoms with Gasteiger partial charge in [0.25, 0.3) is 0 Å². The Labute approximate surface area is 124 Å². The van der Waals surface area contributed by atoms with Gasteiger partial charge < -0.3 is 19.5 Å². The van der Waals surface area contributed by atoms with Gasteiger partial charge in [0.1, 0.15) is 19.0 Å². The second-order valence-electron chi connectivity index (χ2n) is 4.90. The lowest BCUT2D eigenvalue weighted by Crippen LogP contribution is -2.19. The molecule has 0 fully saturated rings. The van der Waals surface area contributed by atoms with Gasteiger partial charge in [0.15, 0.2) is 11.5 Å². The molecule has 0 unspecified atom stereocenters. The Balaban J connectivity index is 1.63. The van der Waals surface area contributed by atoms with E-state index in [1.165, 1.54) is 5.56 Å². The van der Waals surface area contributed by atoms with Crippen molar-refractivity contribution in [1.29, 1.82) is 0 Å². The maximum absolute atomic E-state index is 5.71. The molecule has 1 aliphatic rings. The molecule has 1 N–H and O–H groups in total. The van der Waals surface area contributed by atoms with Crippen molar-refractivity contribution in [2.75, 3.05) is 20.3 Å². The number of rotatable bonds is 5. The van der Waals surface area contributed by atoms with Crippen LogP contribution in [0.25, 0.3) is 0 Å². The van der Waals surface area contributed by atoms with Crippen LogP contribution < -0.4 is 19.5 Å². The zero-order valence-corrected chi connectivity index (χ0v) is 12.1. The molecule has 1 aliphatic heterocycles. The fraction of sp³-hybridized carbons (Fsp3) is 0.294. The first-order chi connectivity index (χ1) is 10.4. The SMILES string of the molecule is COc1cccc(CNCc2cccc3c2OCCO3)c1. The van der Waals surface area contributed by atoms with E-state index in [0.29, 0.717) is 13.2 Å². The topological polar surface area (TPSA) is 39.7 Å². The van der Waals surface area contributed by atoms with Crippen molar-refractivity contribution in [2.45, 2.75) is 13.1 Å². The number of hydrogen-bond donors (Lipinski definition) is 1. The largest absolute Gasteiger partial charge is 0.497 e. The van der Waals surface area contributed by atoms with Gasteiger partial charge >= 0.3 is 0 Å². The number of fused-ring (bicyclic) bond motifs is 1. The van der Waals surface area contributed by atoms with Crippen molar-refractivity contribution in [3.05, 3.63) is 53.6 Å². The van der Waals surface area contributed by atoms with Crippen LogP contribution in [0.15, 0.2) is 42.5 Å². The molecule has 2 aromatic carbocycles. The van der Waals surface area contributed by atoms with Crippen molar-refractivity contribution < 1.29 is 14.2 Å². The molecule has 0 aliphatic carbocycles. The fourth-order valence-corrected chi connectivity index (χ4v) is 2.40. The van der Waals surface area contributed by atoms with Gasteiger partial charge in [-0.2, -0.15) is 0 Å². The fourth-order valence-electron chi connectivity index (χ4n) is 2.40. The second kappa shape index (κ2) is 6.50. The van der Waals surface area contributed by atoms with E-state index < -0.39 is 0 Å². The lowest BCUT2D eigenvalue weighted by atomic mass is 10.1. The van der Waals surface area contributed by atoms with Crippen LogP contribution in [0.3, 0.4) is 0 Å². The maximum atomic E-state index is 5.71. The molecule has 3 rings (SSSR count). The molecule has 1 heterocycles. The summed E-state index contributed by atoms with van der Waals surface area (Å²) in [5, 5.41) is 3.43. The van der Waals surface area contributed by atoms with Gasteiger partial charge in [0, 0.05) is 18.7 Å². The quantitative estimate of drug-likeness (QED) is 0.917. The van der Waals surface area contributed by atoms with Gasteiger partial charge in [0.2, 0.25) is 0 Å². The van der Waals surface area contributed by atoms with Crippen molar-refractivity contribution in [3.63, 3.8) is 0 Å². The van der Waals surface area contributed by atoms with E-state index in [1.54, 1.807) is 7.11 Å². The molecule has 0 saturated carbocycles. The summed E-state index contributed by atoms with van der Waals surface area (Å²) in [7, 11) is 1.68. The lowest BCUT2D eigenvalue weighted by molar-refractivity contribution is 0.169. The Morgan fingerprint density at radius 1 is 1.05 bits per heavy atom. The molecule has 4 heteroatoms. The minimum atomic E-state index is 0.611. The first-order valence-corrected chi connectivity index (χ1v) is 7.08. The Hall–Kier alpha value is -2.20. The predicted octanol–water partition coefficient (Wildman–Crippen LogP) is 2.76. The Morgan fingerprint density at radius 2 is 1.90 bits per heavy atom.